The number of halogens is 2. The van der Waals surface area contributed by atoms with Crippen molar-refractivity contribution in [2.24, 2.45) is 0 Å². The molecule has 2 rings (SSSR count). The van der Waals surface area contributed by atoms with Crippen molar-refractivity contribution in [1.29, 1.82) is 0 Å². The van der Waals surface area contributed by atoms with Crippen LogP contribution in [0.1, 0.15) is 24.1 Å². The first kappa shape index (κ1) is 16.3. The van der Waals surface area contributed by atoms with Gasteiger partial charge in [-0.25, -0.2) is 0 Å². The van der Waals surface area contributed by atoms with Crippen LogP contribution in [-0.2, 0) is 11.2 Å². The molecule has 1 N–H and O–H groups in total. The standard InChI is InChI=1S/C12H18ClN3O2.ClH/c1-8-10(12(13)18-15-8)3-4-11(17)16(2)9-5-6-14-7-9;/h9,14H,3-7H2,1-2H3;1H. The third-order valence-corrected chi connectivity index (χ3v) is 3.80. The zero-order chi connectivity index (χ0) is 13.1. The van der Waals surface area contributed by atoms with Crippen LogP contribution in [0, 0.1) is 6.92 Å². The van der Waals surface area contributed by atoms with Crippen LogP contribution in [0.5, 0.6) is 0 Å². The van der Waals surface area contributed by atoms with Crippen LogP contribution in [0.2, 0.25) is 5.22 Å². The highest BCUT2D eigenvalue weighted by Gasteiger charge is 2.23. The van der Waals surface area contributed by atoms with Gasteiger partial charge in [0.1, 0.15) is 0 Å². The van der Waals surface area contributed by atoms with E-state index in [1.807, 2.05) is 18.9 Å². The Morgan fingerprint density at radius 3 is 2.89 bits per heavy atom. The maximum absolute atomic E-state index is 12.1. The van der Waals surface area contributed by atoms with Crippen molar-refractivity contribution in [3.05, 3.63) is 16.5 Å². The number of amides is 1. The van der Waals surface area contributed by atoms with Crippen molar-refractivity contribution in [3.63, 3.8) is 0 Å². The molecule has 0 aromatic carbocycles. The molecule has 108 valence electrons. The summed E-state index contributed by atoms with van der Waals surface area (Å²) < 4.78 is 4.87. The van der Waals surface area contributed by atoms with E-state index in [1.165, 1.54) is 0 Å². The minimum Gasteiger partial charge on any atom is -0.344 e. The fraction of sp³-hybridized carbons (Fsp3) is 0.667. The number of carbonyl (C=O) groups is 1. The van der Waals surface area contributed by atoms with Crippen LogP contribution >= 0.6 is 24.0 Å². The summed E-state index contributed by atoms with van der Waals surface area (Å²) in [6, 6.07) is 0.316. The van der Waals surface area contributed by atoms with Gasteiger partial charge in [-0.15, -0.1) is 12.4 Å². The third kappa shape index (κ3) is 3.84. The van der Waals surface area contributed by atoms with Crippen LogP contribution in [0.15, 0.2) is 4.52 Å². The van der Waals surface area contributed by atoms with Crippen molar-refractivity contribution < 1.29 is 9.32 Å². The minimum atomic E-state index is 0. The molecule has 2 heterocycles. The molecule has 1 aliphatic heterocycles. The van der Waals surface area contributed by atoms with Gasteiger partial charge >= 0.3 is 0 Å². The minimum absolute atomic E-state index is 0. The molecule has 1 fully saturated rings. The first-order valence-corrected chi connectivity index (χ1v) is 6.54. The molecule has 1 aromatic rings. The first-order chi connectivity index (χ1) is 8.59. The van der Waals surface area contributed by atoms with Crippen molar-refractivity contribution in [2.45, 2.75) is 32.2 Å². The smallest absolute Gasteiger partial charge is 0.229 e. The number of likely N-dealkylation sites (N-methyl/N-ethyl adjacent to an activating group) is 1. The lowest BCUT2D eigenvalue weighted by molar-refractivity contribution is -0.131. The molecule has 1 aliphatic rings. The molecule has 1 saturated heterocycles. The summed E-state index contributed by atoms with van der Waals surface area (Å²) >= 11 is 5.87. The Balaban J connectivity index is 0.00000180. The van der Waals surface area contributed by atoms with E-state index in [0.717, 1.165) is 30.8 Å². The number of nitrogens with one attached hydrogen (secondary N) is 1. The van der Waals surface area contributed by atoms with Gasteiger partial charge in [-0.1, -0.05) is 5.16 Å². The first-order valence-electron chi connectivity index (χ1n) is 6.16. The van der Waals surface area contributed by atoms with Crippen LogP contribution in [0.4, 0.5) is 0 Å². The zero-order valence-corrected chi connectivity index (χ0v) is 12.7. The highest BCUT2D eigenvalue weighted by atomic mass is 35.5. The molecule has 0 bridgehead atoms. The van der Waals surface area contributed by atoms with E-state index in [9.17, 15) is 4.79 Å². The van der Waals surface area contributed by atoms with Crippen LogP contribution < -0.4 is 5.32 Å². The molecule has 1 unspecified atom stereocenters. The molecule has 0 saturated carbocycles. The molecule has 0 spiro atoms. The molecule has 1 atom stereocenters. The lowest BCUT2D eigenvalue weighted by atomic mass is 10.1. The molecule has 7 heteroatoms. The fourth-order valence-corrected chi connectivity index (χ4v) is 2.49. The molecular weight excluding hydrogens is 289 g/mol. The van der Waals surface area contributed by atoms with E-state index < -0.39 is 0 Å². The van der Waals surface area contributed by atoms with Gasteiger partial charge in [0, 0.05) is 31.6 Å². The lowest BCUT2D eigenvalue weighted by Crippen LogP contribution is -2.38. The summed E-state index contributed by atoms with van der Waals surface area (Å²) in [5.41, 5.74) is 1.60. The van der Waals surface area contributed by atoms with Crippen molar-refractivity contribution >= 4 is 29.9 Å². The Bertz CT molecular complexity index is 411. The van der Waals surface area contributed by atoms with E-state index in [0.29, 0.717) is 24.1 Å². The maximum Gasteiger partial charge on any atom is 0.229 e. The van der Waals surface area contributed by atoms with Crippen molar-refractivity contribution in [3.8, 4) is 0 Å². The van der Waals surface area contributed by atoms with E-state index in [1.54, 1.807) is 0 Å². The molecule has 19 heavy (non-hydrogen) atoms. The fourth-order valence-electron chi connectivity index (χ4n) is 2.22. The number of nitrogens with zero attached hydrogens (tertiary/aromatic N) is 2. The number of rotatable bonds is 4. The highest BCUT2D eigenvalue weighted by Crippen LogP contribution is 2.21. The van der Waals surface area contributed by atoms with Gasteiger partial charge in [-0.3, -0.25) is 4.79 Å². The van der Waals surface area contributed by atoms with Gasteiger partial charge in [0.05, 0.1) is 5.69 Å². The predicted molar refractivity (Wildman–Crippen MR) is 75.9 cm³/mol. The Hall–Kier alpha value is -0.780. The number of hydrogen-bond donors (Lipinski definition) is 1. The quantitative estimate of drug-likeness (QED) is 0.921. The van der Waals surface area contributed by atoms with E-state index in [4.69, 9.17) is 16.1 Å². The Kier molecular flexibility index (Phi) is 6.10. The van der Waals surface area contributed by atoms with Crippen LogP contribution in [0.3, 0.4) is 0 Å². The number of aromatic nitrogens is 1. The molecule has 1 amide bonds. The molecule has 1 aromatic heterocycles. The summed E-state index contributed by atoms with van der Waals surface area (Å²) in [5.74, 6) is 0.139. The van der Waals surface area contributed by atoms with Crippen LogP contribution in [0.25, 0.3) is 0 Å². The molecule has 5 nitrogen and oxygen atoms in total. The normalized spacial score (nSPS) is 18.2. The average Bonchev–Trinajstić information content (AvgIpc) is 2.97. The zero-order valence-electron chi connectivity index (χ0n) is 11.1. The maximum atomic E-state index is 12.1. The second kappa shape index (κ2) is 7.12. The largest absolute Gasteiger partial charge is 0.344 e. The topological polar surface area (TPSA) is 58.4 Å². The predicted octanol–water partition coefficient (Wildman–Crippen LogP) is 1.81. The summed E-state index contributed by atoms with van der Waals surface area (Å²) in [7, 11) is 1.86. The summed E-state index contributed by atoms with van der Waals surface area (Å²) in [4.78, 5) is 13.9. The van der Waals surface area contributed by atoms with Gasteiger partial charge < -0.3 is 14.7 Å². The average molecular weight is 308 g/mol. The monoisotopic (exact) mass is 307 g/mol. The summed E-state index contributed by atoms with van der Waals surface area (Å²) in [6.07, 6.45) is 2.04. The van der Waals surface area contributed by atoms with Gasteiger partial charge in [-0.05, 0) is 37.9 Å². The highest BCUT2D eigenvalue weighted by molar-refractivity contribution is 6.29. The Labute approximate surface area is 124 Å². The van der Waals surface area contributed by atoms with E-state index in [-0.39, 0.29) is 18.3 Å². The van der Waals surface area contributed by atoms with Gasteiger partial charge in [0.2, 0.25) is 11.1 Å². The molecule has 0 radical (unpaired) electrons. The lowest BCUT2D eigenvalue weighted by Gasteiger charge is -2.23. The summed E-state index contributed by atoms with van der Waals surface area (Å²) in [5, 5.41) is 7.33. The molecule has 0 aliphatic carbocycles. The second-order valence-corrected chi connectivity index (χ2v) is 5.01. The SMILES string of the molecule is Cc1noc(Cl)c1CCC(=O)N(C)C1CCNC1.Cl. The van der Waals surface area contributed by atoms with Crippen LogP contribution in [-0.4, -0.2) is 42.1 Å². The third-order valence-electron chi connectivity index (χ3n) is 3.50. The summed E-state index contributed by atoms with van der Waals surface area (Å²) in [6.45, 7) is 3.70. The van der Waals surface area contributed by atoms with Crippen molar-refractivity contribution in [1.82, 2.24) is 15.4 Å². The van der Waals surface area contributed by atoms with E-state index >= 15 is 0 Å². The number of carbonyl (C=O) groups excluding carboxylic acids is 1. The van der Waals surface area contributed by atoms with Gasteiger partial charge in [0.15, 0.2) is 0 Å². The second-order valence-electron chi connectivity index (χ2n) is 4.67. The van der Waals surface area contributed by atoms with Gasteiger partial charge in [-0.2, -0.15) is 0 Å². The Morgan fingerprint density at radius 2 is 2.37 bits per heavy atom. The van der Waals surface area contributed by atoms with E-state index in [2.05, 4.69) is 10.5 Å². The molecular formula is C12H19Cl2N3O2. The van der Waals surface area contributed by atoms with Gasteiger partial charge in [0.25, 0.3) is 0 Å². The number of hydrogen-bond acceptors (Lipinski definition) is 4. The van der Waals surface area contributed by atoms with Crippen molar-refractivity contribution in [2.75, 3.05) is 20.1 Å². The number of aryl methyl sites for hydroxylation is 1. The Morgan fingerprint density at radius 1 is 1.63 bits per heavy atom.